The van der Waals surface area contributed by atoms with E-state index in [0.717, 1.165) is 16.1 Å². The fourth-order valence-corrected chi connectivity index (χ4v) is 2.87. The predicted molar refractivity (Wildman–Crippen MR) is 86.3 cm³/mol. The second kappa shape index (κ2) is 7.51. The van der Waals surface area contributed by atoms with Crippen LogP contribution >= 0.6 is 11.8 Å². The van der Waals surface area contributed by atoms with Gasteiger partial charge in [-0.15, -0.1) is 11.8 Å². The monoisotopic (exact) mass is 296 g/mol. The van der Waals surface area contributed by atoms with Crippen molar-refractivity contribution in [3.63, 3.8) is 0 Å². The van der Waals surface area contributed by atoms with Gasteiger partial charge >= 0.3 is 0 Å². The predicted octanol–water partition coefficient (Wildman–Crippen LogP) is 4.04. The third-order valence-corrected chi connectivity index (χ3v) is 4.05. The molecule has 1 N–H and O–H groups in total. The first-order valence-corrected chi connectivity index (χ1v) is 7.62. The van der Waals surface area contributed by atoms with Crippen molar-refractivity contribution >= 4 is 23.4 Å². The van der Waals surface area contributed by atoms with Crippen LogP contribution in [0.15, 0.2) is 59.5 Å². The Labute approximate surface area is 129 Å². The molecule has 1 atom stereocenters. The van der Waals surface area contributed by atoms with Crippen molar-refractivity contribution < 1.29 is 4.79 Å². The number of anilines is 1. The molecule has 21 heavy (non-hydrogen) atoms. The summed E-state index contributed by atoms with van der Waals surface area (Å²) in [6, 6.07) is 19.8. The van der Waals surface area contributed by atoms with Gasteiger partial charge in [0.05, 0.1) is 12.0 Å². The minimum Gasteiger partial charge on any atom is -0.326 e. The van der Waals surface area contributed by atoms with Crippen LogP contribution in [0.3, 0.4) is 0 Å². The summed E-state index contributed by atoms with van der Waals surface area (Å²) in [6.07, 6.45) is 0. The summed E-state index contributed by atoms with van der Waals surface area (Å²) in [5.74, 6) is 0.509. The van der Waals surface area contributed by atoms with Crippen molar-refractivity contribution in [1.29, 1.82) is 5.26 Å². The molecule has 0 aliphatic carbocycles. The largest absolute Gasteiger partial charge is 0.326 e. The summed E-state index contributed by atoms with van der Waals surface area (Å²) in [4.78, 5) is 12.0. The summed E-state index contributed by atoms with van der Waals surface area (Å²) >= 11 is 1.64. The van der Waals surface area contributed by atoms with E-state index in [9.17, 15) is 10.1 Å². The van der Waals surface area contributed by atoms with Crippen LogP contribution in [-0.4, -0.2) is 11.7 Å². The van der Waals surface area contributed by atoms with Gasteiger partial charge in [0.2, 0.25) is 5.91 Å². The summed E-state index contributed by atoms with van der Waals surface area (Å²) in [5, 5.41) is 12.0. The molecule has 0 saturated heterocycles. The van der Waals surface area contributed by atoms with Crippen molar-refractivity contribution in [1.82, 2.24) is 0 Å². The van der Waals surface area contributed by atoms with Gasteiger partial charge in [-0.3, -0.25) is 4.79 Å². The zero-order valence-corrected chi connectivity index (χ0v) is 12.6. The molecule has 2 aromatic rings. The summed E-state index contributed by atoms with van der Waals surface area (Å²) in [6.45, 7) is 1.49. The van der Waals surface area contributed by atoms with E-state index in [1.165, 1.54) is 6.92 Å². The van der Waals surface area contributed by atoms with Crippen LogP contribution in [0.25, 0.3) is 0 Å². The average Bonchev–Trinajstić information content (AvgIpc) is 2.50. The summed E-state index contributed by atoms with van der Waals surface area (Å²) in [7, 11) is 0. The Morgan fingerprint density at radius 1 is 1.19 bits per heavy atom. The molecule has 0 spiro atoms. The third kappa shape index (κ3) is 4.66. The van der Waals surface area contributed by atoms with Crippen LogP contribution in [-0.2, 0) is 4.79 Å². The lowest BCUT2D eigenvalue weighted by Gasteiger charge is -2.09. The minimum absolute atomic E-state index is 0.0796. The molecule has 0 aromatic heterocycles. The van der Waals surface area contributed by atoms with Gasteiger partial charge < -0.3 is 5.32 Å². The lowest BCUT2D eigenvalue weighted by Crippen LogP contribution is -2.05. The maximum absolute atomic E-state index is 11.0. The number of benzene rings is 2. The van der Waals surface area contributed by atoms with Gasteiger partial charge in [0.15, 0.2) is 0 Å². The normalized spacial score (nSPS) is 11.4. The van der Waals surface area contributed by atoms with Gasteiger partial charge in [-0.05, 0) is 29.8 Å². The standard InChI is InChI=1S/C17H16N2OS/c1-13(20)19-16-7-9-17(10-8-16)21-12-15(11-18)14-5-3-2-4-6-14/h2-10,15H,12H2,1H3,(H,19,20). The number of carbonyl (C=O) groups is 1. The summed E-state index contributed by atoms with van der Waals surface area (Å²) in [5.41, 5.74) is 1.83. The molecular weight excluding hydrogens is 280 g/mol. The maximum atomic E-state index is 11.0. The molecular formula is C17H16N2OS. The van der Waals surface area contributed by atoms with Crippen LogP contribution in [0.5, 0.6) is 0 Å². The zero-order valence-electron chi connectivity index (χ0n) is 11.7. The number of hydrogen-bond acceptors (Lipinski definition) is 3. The van der Waals surface area contributed by atoms with Crippen LogP contribution in [0, 0.1) is 11.3 Å². The third-order valence-electron chi connectivity index (χ3n) is 2.95. The van der Waals surface area contributed by atoms with Crippen LogP contribution < -0.4 is 5.32 Å². The first-order valence-electron chi connectivity index (χ1n) is 6.64. The van der Waals surface area contributed by atoms with E-state index in [4.69, 9.17) is 0 Å². The van der Waals surface area contributed by atoms with Gasteiger partial charge in [0.1, 0.15) is 0 Å². The molecule has 2 rings (SSSR count). The van der Waals surface area contributed by atoms with Gasteiger partial charge in [0, 0.05) is 23.3 Å². The van der Waals surface area contributed by atoms with Gasteiger partial charge in [-0.1, -0.05) is 30.3 Å². The average molecular weight is 296 g/mol. The molecule has 106 valence electrons. The lowest BCUT2D eigenvalue weighted by molar-refractivity contribution is -0.114. The molecule has 0 aliphatic rings. The Hall–Kier alpha value is -2.25. The SMILES string of the molecule is CC(=O)Nc1ccc(SCC(C#N)c2ccccc2)cc1. The Morgan fingerprint density at radius 3 is 2.43 bits per heavy atom. The number of nitriles is 1. The van der Waals surface area contributed by atoms with E-state index >= 15 is 0 Å². The van der Waals surface area contributed by atoms with E-state index in [0.29, 0.717) is 5.75 Å². The van der Waals surface area contributed by atoms with Gasteiger partial charge in [0.25, 0.3) is 0 Å². The van der Waals surface area contributed by atoms with Crippen molar-refractivity contribution in [3.8, 4) is 6.07 Å². The second-order valence-electron chi connectivity index (χ2n) is 4.61. The number of hydrogen-bond donors (Lipinski definition) is 1. The van der Waals surface area contributed by atoms with E-state index in [1.54, 1.807) is 11.8 Å². The zero-order chi connectivity index (χ0) is 15.1. The molecule has 0 saturated carbocycles. The highest BCUT2D eigenvalue weighted by atomic mass is 32.2. The van der Waals surface area contributed by atoms with Crippen molar-refractivity contribution in [2.24, 2.45) is 0 Å². The van der Waals surface area contributed by atoms with E-state index in [2.05, 4.69) is 11.4 Å². The lowest BCUT2D eigenvalue weighted by atomic mass is 10.0. The van der Waals surface area contributed by atoms with Crippen molar-refractivity contribution in [2.75, 3.05) is 11.1 Å². The quantitative estimate of drug-likeness (QED) is 0.847. The highest BCUT2D eigenvalue weighted by Gasteiger charge is 2.10. The smallest absolute Gasteiger partial charge is 0.221 e. The number of amides is 1. The Kier molecular flexibility index (Phi) is 5.42. The number of carbonyl (C=O) groups excluding carboxylic acids is 1. The molecule has 4 heteroatoms. The maximum Gasteiger partial charge on any atom is 0.221 e. The summed E-state index contributed by atoms with van der Waals surface area (Å²) < 4.78 is 0. The molecule has 0 radical (unpaired) electrons. The fraction of sp³-hybridized carbons (Fsp3) is 0.176. The first-order chi connectivity index (χ1) is 10.2. The Bertz CT molecular complexity index is 632. The number of nitrogens with zero attached hydrogens (tertiary/aromatic N) is 1. The van der Waals surface area contributed by atoms with Crippen LogP contribution in [0.1, 0.15) is 18.4 Å². The molecule has 0 aliphatic heterocycles. The van der Waals surface area contributed by atoms with Crippen LogP contribution in [0.4, 0.5) is 5.69 Å². The molecule has 2 aromatic carbocycles. The van der Waals surface area contributed by atoms with E-state index in [-0.39, 0.29) is 11.8 Å². The topological polar surface area (TPSA) is 52.9 Å². The van der Waals surface area contributed by atoms with Crippen LogP contribution in [0.2, 0.25) is 0 Å². The molecule has 0 heterocycles. The fourth-order valence-electron chi connectivity index (χ4n) is 1.91. The Morgan fingerprint density at radius 2 is 1.86 bits per heavy atom. The molecule has 3 nitrogen and oxygen atoms in total. The second-order valence-corrected chi connectivity index (χ2v) is 5.70. The molecule has 1 unspecified atom stereocenters. The Balaban J connectivity index is 1.96. The highest BCUT2D eigenvalue weighted by Crippen LogP contribution is 2.26. The molecule has 0 fully saturated rings. The first kappa shape index (κ1) is 15.1. The van der Waals surface area contributed by atoms with Crippen molar-refractivity contribution in [3.05, 3.63) is 60.2 Å². The van der Waals surface area contributed by atoms with Gasteiger partial charge in [-0.25, -0.2) is 0 Å². The van der Waals surface area contributed by atoms with Crippen molar-refractivity contribution in [2.45, 2.75) is 17.7 Å². The van der Waals surface area contributed by atoms with E-state index in [1.807, 2.05) is 54.6 Å². The number of rotatable bonds is 5. The molecule has 1 amide bonds. The molecule has 0 bridgehead atoms. The number of thioether (sulfide) groups is 1. The highest BCUT2D eigenvalue weighted by molar-refractivity contribution is 7.99. The van der Waals surface area contributed by atoms with Gasteiger partial charge in [-0.2, -0.15) is 5.26 Å². The van der Waals surface area contributed by atoms with E-state index < -0.39 is 0 Å². The number of nitrogens with one attached hydrogen (secondary N) is 1. The minimum atomic E-state index is -0.119.